The molecule has 0 saturated carbocycles. The molecular weight excluding hydrogens is 336 g/mol. The zero-order valence-electron chi connectivity index (χ0n) is 15.2. The summed E-state index contributed by atoms with van der Waals surface area (Å²) in [5.41, 5.74) is 6.13. The van der Waals surface area contributed by atoms with Gasteiger partial charge in [0, 0.05) is 19.2 Å². The zero-order chi connectivity index (χ0) is 19.1. The van der Waals surface area contributed by atoms with E-state index in [0.717, 1.165) is 19.6 Å². The Morgan fingerprint density at radius 2 is 1.96 bits per heavy atom. The maximum Gasteiger partial charge on any atom is 0.337 e. The highest BCUT2D eigenvalue weighted by Crippen LogP contribution is 2.38. The quantitative estimate of drug-likeness (QED) is 0.517. The van der Waals surface area contributed by atoms with E-state index in [1.54, 1.807) is 25.2 Å². The van der Waals surface area contributed by atoms with Gasteiger partial charge in [-0.05, 0) is 25.2 Å². The molecule has 0 unspecified atom stereocenters. The van der Waals surface area contributed by atoms with E-state index in [-0.39, 0.29) is 23.1 Å². The van der Waals surface area contributed by atoms with Crippen LogP contribution in [0.3, 0.4) is 0 Å². The van der Waals surface area contributed by atoms with E-state index in [9.17, 15) is 10.1 Å². The number of hydrogen-bond acceptors (Lipinski definition) is 8. The lowest BCUT2D eigenvalue weighted by atomic mass is 10.1. The molecule has 0 amide bonds. The van der Waals surface area contributed by atoms with Crippen molar-refractivity contribution in [2.45, 2.75) is 13.8 Å². The molecule has 0 atom stereocenters. The molecule has 3 N–H and O–H groups in total. The van der Waals surface area contributed by atoms with Gasteiger partial charge in [0.1, 0.15) is 12.4 Å². The van der Waals surface area contributed by atoms with Crippen molar-refractivity contribution in [1.29, 1.82) is 0 Å². The van der Waals surface area contributed by atoms with Crippen molar-refractivity contribution in [2.24, 2.45) is 0 Å². The lowest BCUT2D eigenvalue weighted by molar-refractivity contribution is -0.383. The minimum absolute atomic E-state index is 0.0482. The van der Waals surface area contributed by atoms with Gasteiger partial charge in [-0.1, -0.05) is 26.0 Å². The van der Waals surface area contributed by atoms with Crippen molar-refractivity contribution < 1.29 is 9.66 Å². The molecular formula is C17H24N6O3. The molecule has 0 aliphatic rings. The Morgan fingerprint density at radius 1 is 1.27 bits per heavy atom. The van der Waals surface area contributed by atoms with Gasteiger partial charge in [0.05, 0.1) is 4.92 Å². The van der Waals surface area contributed by atoms with Crippen LogP contribution in [0.1, 0.15) is 13.8 Å². The third-order valence-electron chi connectivity index (χ3n) is 4.02. The molecule has 0 aliphatic carbocycles. The lowest BCUT2D eigenvalue weighted by Crippen LogP contribution is -2.28. The molecule has 1 heterocycles. The summed E-state index contributed by atoms with van der Waals surface area (Å²) < 4.78 is 5.89. The van der Waals surface area contributed by atoms with Crippen LogP contribution in [0, 0.1) is 10.1 Å². The molecule has 1 aromatic carbocycles. The summed E-state index contributed by atoms with van der Waals surface area (Å²) in [6.07, 6.45) is 0. The lowest BCUT2D eigenvalue weighted by Gasteiger charge is -2.19. The molecule has 2 aromatic rings. The molecule has 0 saturated heterocycles. The van der Waals surface area contributed by atoms with Gasteiger partial charge in [0.25, 0.3) is 0 Å². The molecule has 9 nitrogen and oxygen atoms in total. The third kappa shape index (κ3) is 4.37. The molecule has 140 valence electrons. The molecule has 26 heavy (non-hydrogen) atoms. The highest BCUT2D eigenvalue weighted by Gasteiger charge is 2.26. The number of aromatic nitrogens is 2. The first kappa shape index (κ1) is 19.4. The van der Waals surface area contributed by atoms with Crippen molar-refractivity contribution in [2.75, 3.05) is 44.3 Å². The maximum atomic E-state index is 11.6. The Hall–Kier alpha value is -2.94. The van der Waals surface area contributed by atoms with Crippen molar-refractivity contribution >= 4 is 17.5 Å². The van der Waals surface area contributed by atoms with Crippen LogP contribution in [0.2, 0.25) is 0 Å². The number of hydrogen-bond donors (Lipinski definition) is 2. The summed E-state index contributed by atoms with van der Waals surface area (Å²) in [5.74, 6) is 0.534. The monoisotopic (exact) mass is 360 g/mol. The average molecular weight is 360 g/mol. The predicted octanol–water partition coefficient (Wildman–Crippen LogP) is 2.40. The minimum Gasteiger partial charge on any atom is -0.492 e. The van der Waals surface area contributed by atoms with Crippen LogP contribution in [-0.4, -0.2) is 53.1 Å². The van der Waals surface area contributed by atoms with Crippen LogP contribution in [0.15, 0.2) is 24.3 Å². The molecule has 0 bridgehead atoms. The average Bonchev–Trinajstić information content (AvgIpc) is 2.64. The van der Waals surface area contributed by atoms with Crippen molar-refractivity contribution in [3.05, 3.63) is 34.4 Å². The van der Waals surface area contributed by atoms with Gasteiger partial charge in [-0.2, -0.15) is 4.98 Å². The smallest absolute Gasteiger partial charge is 0.337 e. The molecule has 0 fully saturated rings. The van der Waals surface area contributed by atoms with Crippen LogP contribution in [0.5, 0.6) is 5.75 Å². The number of nitrogens with zero attached hydrogens (tertiary/aromatic N) is 4. The normalized spacial score (nSPS) is 10.8. The fourth-order valence-corrected chi connectivity index (χ4v) is 2.62. The third-order valence-corrected chi connectivity index (χ3v) is 4.02. The fourth-order valence-electron chi connectivity index (χ4n) is 2.62. The second-order valence-electron chi connectivity index (χ2n) is 5.51. The number of anilines is 2. The summed E-state index contributed by atoms with van der Waals surface area (Å²) in [6, 6.07) is 7.07. The standard InChI is InChI=1S/C17H24N6O3/c1-4-22(5-2)10-11-26-13-9-7-6-8-12(13)14-15(23(24)25)16(19-3)21-17(18)20-14/h6-9H,4-5,10-11H2,1-3H3,(H3,18,19,20,21). The number of nitro groups is 1. The summed E-state index contributed by atoms with van der Waals surface area (Å²) in [4.78, 5) is 21.3. The van der Waals surface area contributed by atoms with E-state index >= 15 is 0 Å². The first-order chi connectivity index (χ1) is 12.5. The molecule has 0 radical (unpaired) electrons. The van der Waals surface area contributed by atoms with E-state index in [1.807, 2.05) is 6.07 Å². The summed E-state index contributed by atoms with van der Waals surface area (Å²) in [5, 5.41) is 14.3. The van der Waals surface area contributed by atoms with E-state index in [1.165, 1.54) is 0 Å². The predicted molar refractivity (Wildman–Crippen MR) is 101 cm³/mol. The van der Waals surface area contributed by atoms with Gasteiger partial charge in [-0.25, -0.2) is 4.98 Å². The highest BCUT2D eigenvalue weighted by atomic mass is 16.6. The van der Waals surface area contributed by atoms with Crippen LogP contribution in [0.4, 0.5) is 17.5 Å². The number of nitrogens with one attached hydrogen (secondary N) is 1. The van der Waals surface area contributed by atoms with Crippen LogP contribution >= 0.6 is 0 Å². The van der Waals surface area contributed by atoms with Gasteiger partial charge in [-0.15, -0.1) is 0 Å². The van der Waals surface area contributed by atoms with Crippen LogP contribution in [0.25, 0.3) is 11.3 Å². The Morgan fingerprint density at radius 3 is 2.58 bits per heavy atom. The molecule has 0 aliphatic heterocycles. The minimum atomic E-state index is -0.521. The van der Waals surface area contributed by atoms with Crippen molar-refractivity contribution in [3.63, 3.8) is 0 Å². The van der Waals surface area contributed by atoms with Gasteiger partial charge < -0.3 is 20.7 Å². The van der Waals surface area contributed by atoms with Crippen molar-refractivity contribution in [3.8, 4) is 17.0 Å². The summed E-state index contributed by atoms with van der Waals surface area (Å²) in [7, 11) is 1.55. The summed E-state index contributed by atoms with van der Waals surface area (Å²) in [6.45, 7) is 7.26. The first-order valence-electron chi connectivity index (χ1n) is 8.45. The Balaban J connectivity index is 2.41. The van der Waals surface area contributed by atoms with Gasteiger partial charge in [0.15, 0.2) is 5.69 Å². The summed E-state index contributed by atoms with van der Waals surface area (Å²) >= 11 is 0. The highest BCUT2D eigenvalue weighted by molar-refractivity contribution is 5.81. The van der Waals surface area contributed by atoms with Crippen LogP contribution in [-0.2, 0) is 0 Å². The molecule has 9 heteroatoms. The van der Waals surface area contributed by atoms with E-state index in [0.29, 0.717) is 17.9 Å². The SMILES string of the molecule is CCN(CC)CCOc1ccccc1-c1nc(N)nc(NC)c1[N+](=O)[O-]. The number of rotatable bonds is 9. The van der Waals surface area contributed by atoms with E-state index in [4.69, 9.17) is 10.5 Å². The molecule has 1 aromatic heterocycles. The number of nitrogen functional groups attached to an aromatic ring is 1. The Kier molecular flexibility index (Phi) is 6.67. The fraction of sp³-hybridized carbons (Fsp3) is 0.412. The van der Waals surface area contributed by atoms with Gasteiger partial charge in [0.2, 0.25) is 11.8 Å². The Labute approximate surface area is 152 Å². The zero-order valence-corrected chi connectivity index (χ0v) is 15.2. The number of ether oxygens (including phenoxy) is 1. The topological polar surface area (TPSA) is 119 Å². The van der Waals surface area contributed by atoms with Gasteiger partial charge in [-0.3, -0.25) is 10.1 Å². The van der Waals surface area contributed by atoms with E-state index < -0.39 is 4.92 Å². The number of benzene rings is 1. The van der Waals surface area contributed by atoms with E-state index in [2.05, 4.69) is 34.0 Å². The molecule has 2 rings (SSSR count). The number of likely N-dealkylation sites (N-methyl/N-ethyl adjacent to an activating group) is 1. The Bertz CT molecular complexity index is 764. The van der Waals surface area contributed by atoms with Crippen molar-refractivity contribution in [1.82, 2.24) is 14.9 Å². The largest absolute Gasteiger partial charge is 0.492 e. The number of nitrogens with two attached hydrogens (primary N) is 1. The maximum absolute atomic E-state index is 11.6. The second kappa shape index (κ2) is 8.95. The second-order valence-corrected chi connectivity index (χ2v) is 5.51. The molecule has 0 spiro atoms. The first-order valence-corrected chi connectivity index (χ1v) is 8.45. The van der Waals surface area contributed by atoms with Gasteiger partial charge >= 0.3 is 5.69 Å². The number of para-hydroxylation sites is 1. The van der Waals surface area contributed by atoms with Crippen LogP contribution < -0.4 is 15.8 Å².